The van der Waals surface area contributed by atoms with Gasteiger partial charge in [-0.15, -0.1) is 0 Å². The van der Waals surface area contributed by atoms with E-state index in [4.69, 9.17) is 28.3 Å². The van der Waals surface area contributed by atoms with Crippen LogP contribution in [0.25, 0.3) is 0 Å². The number of aliphatic hydroxyl groups excluding tert-OH is 1. The zero-order valence-corrected chi connectivity index (χ0v) is 13.0. The molecule has 0 heterocycles. The lowest BCUT2D eigenvalue weighted by Crippen LogP contribution is -2.38. The second kappa shape index (κ2) is 6.05. The summed E-state index contributed by atoms with van der Waals surface area (Å²) >= 11 is 11.4. The van der Waals surface area contributed by atoms with E-state index in [1.165, 1.54) is 0 Å². The summed E-state index contributed by atoms with van der Waals surface area (Å²) in [7, 11) is -3.98. The number of aliphatic hydroxyl groups is 1. The lowest BCUT2D eigenvalue weighted by molar-refractivity contribution is -0.384. The summed E-state index contributed by atoms with van der Waals surface area (Å²) in [5.41, 5.74) is -0.639. The number of rotatable bonds is 5. The molecule has 0 unspecified atom stereocenters. The zero-order valence-electron chi connectivity index (χ0n) is 10.6. The molecule has 2 N–H and O–H groups in total. The molecule has 1 aliphatic rings. The Morgan fingerprint density at radius 3 is 2.52 bits per heavy atom. The van der Waals surface area contributed by atoms with Gasteiger partial charge in [0.1, 0.15) is 14.9 Å². The Labute approximate surface area is 131 Å². The molecule has 0 aliphatic heterocycles. The number of nitrogens with zero attached hydrogens (tertiary/aromatic N) is 1. The molecule has 0 amide bonds. The lowest BCUT2D eigenvalue weighted by Gasteiger charge is -2.31. The van der Waals surface area contributed by atoms with Gasteiger partial charge >= 0.3 is 5.69 Å². The van der Waals surface area contributed by atoms with E-state index in [0.29, 0.717) is 12.8 Å². The molecule has 1 aromatic rings. The number of nitrogens with one attached hydrogen (secondary N) is 1. The van der Waals surface area contributed by atoms with Crippen molar-refractivity contribution in [3.63, 3.8) is 0 Å². The fraction of sp³-hybridized carbons (Fsp3) is 0.455. The first kappa shape index (κ1) is 16.4. The molecule has 1 aromatic carbocycles. The Hall–Kier alpha value is -0.930. The number of hydrogen-bond acceptors (Lipinski definition) is 5. The number of benzene rings is 1. The average Bonchev–Trinajstić information content (AvgIpc) is 2.32. The summed E-state index contributed by atoms with van der Waals surface area (Å²) in [6.07, 6.45) is 0.660. The summed E-state index contributed by atoms with van der Waals surface area (Å²) in [5, 5.41) is 19.3. The van der Waals surface area contributed by atoms with Crippen molar-refractivity contribution in [1.82, 2.24) is 4.72 Å². The molecule has 0 atom stereocenters. The van der Waals surface area contributed by atoms with E-state index in [1.807, 2.05) is 0 Å². The van der Waals surface area contributed by atoms with Gasteiger partial charge in [-0.1, -0.05) is 23.2 Å². The van der Waals surface area contributed by atoms with Crippen molar-refractivity contribution in [2.45, 2.75) is 23.8 Å². The van der Waals surface area contributed by atoms with E-state index in [2.05, 4.69) is 4.72 Å². The first-order valence-corrected chi connectivity index (χ1v) is 8.26. The quantitative estimate of drug-likeness (QED) is 0.620. The van der Waals surface area contributed by atoms with Crippen LogP contribution < -0.4 is 4.72 Å². The number of sulfonamides is 1. The predicted molar refractivity (Wildman–Crippen MR) is 77.0 cm³/mol. The number of nitro benzene ring substituents is 1. The second-order valence-corrected chi connectivity index (χ2v) is 7.33. The molecule has 0 saturated heterocycles. The molecule has 1 fully saturated rings. The second-order valence-electron chi connectivity index (χ2n) is 4.81. The Morgan fingerprint density at radius 2 is 2.00 bits per heavy atom. The van der Waals surface area contributed by atoms with E-state index < -0.39 is 25.7 Å². The summed E-state index contributed by atoms with van der Waals surface area (Å²) < 4.78 is 26.6. The fourth-order valence-corrected chi connectivity index (χ4v) is 4.07. The van der Waals surface area contributed by atoms with Gasteiger partial charge in [0, 0.05) is 6.54 Å². The maximum atomic E-state index is 12.1. The molecule has 10 heteroatoms. The Kier molecular flexibility index (Phi) is 4.74. The van der Waals surface area contributed by atoms with Crippen molar-refractivity contribution >= 4 is 38.9 Å². The van der Waals surface area contributed by atoms with Crippen molar-refractivity contribution < 1.29 is 18.4 Å². The normalized spacial score (nSPS) is 21.9. The Bertz CT molecular complexity index is 673. The maximum Gasteiger partial charge on any atom is 0.307 e. The largest absolute Gasteiger partial charge is 0.393 e. The molecule has 0 bridgehead atoms. The van der Waals surface area contributed by atoms with Gasteiger partial charge in [0.2, 0.25) is 10.0 Å². The van der Waals surface area contributed by atoms with Gasteiger partial charge in [-0.25, -0.2) is 13.1 Å². The molecule has 116 valence electrons. The van der Waals surface area contributed by atoms with Gasteiger partial charge in [0.05, 0.1) is 11.0 Å². The third kappa shape index (κ3) is 3.46. The minimum absolute atomic E-state index is 0.0517. The molecule has 0 aromatic heterocycles. The highest BCUT2D eigenvalue weighted by Crippen LogP contribution is 2.37. The smallest absolute Gasteiger partial charge is 0.307 e. The van der Waals surface area contributed by atoms with Crippen molar-refractivity contribution in [3.05, 3.63) is 32.3 Å². The fourth-order valence-electron chi connectivity index (χ4n) is 2.07. The minimum atomic E-state index is -3.98. The van der Waals surface area contributed by atoms with E-state index in [9.17, 15) is 18.5 Å². The topological polar surface area (TPSA) is 110 Å². The third-order valence-electron chi connectivity index (χ3n) is 3.28. The monoisotopic (exact) mass is 354 g/mol. The minimum Gasteiger partial charge on any atom is -0.393 e. The van der Waals surface area contributed by atoms with Crippen LogP contribution in [0.1, 0.15) is 12.8 Å². The summed E-state index contributed by atoms with van der Waals surface area (Å²) in [6.45, 7) is 0.145. The molecule has 0 spiro atoms. The van der Waals surface area contributed by atoms with Crippen molar-refractivity contribution in [1.29, 1.82) is 0 Å². The van der Waals surface area contributed by atoms with Crippen molar-refractivity contribution in [3.8, 4) is 0 Å². The van der Waals surface area contributed by atoms with E-state index >= 15 is 0 Å². The Balaban J connectivity index is 2.24. The van der Waals surface area contributed by atoms with Crippen LogP contribution in [0.15, 0.2) is 17.0 Å². The highest BCUT2D eigenvalue weighted by molar-refractivity contribution is 7.89. The van der Waals surface area contributed by atoms with Crippen LogP contribution >= 0.6 is 23.2 Å². The molecular weight excluding hydrogens is 343 g/mol. The molecular formula is C11H12Cl2N2O5S. The third-order valence-corrected chi connectivity index (χ3v) is 5.54. The summed E-state index contributed by atoms with van der Waals surface area (Å²) in [4.78, 5) is 9.66. The first-order chi connectivity index (χ1) is 9.72. The number of nitro groups is 1. The highest BCUT2D eigenvalue weighted by Gasteiger charge is 2.31. The van der Waals surface area contributed by atoms with Crippen LogP contribution in [0, 0.1) is 16.0 Å². The summed E-state index contributed by atoms with van der Waals surface area (Å²) in [5.74, 6) is 0.0517. The van der Waals surface area contributed by atoms with Crippen molar-refractivity contribution in [2.24, 2.45) is 5.92 Å². The van der Waals surface area contributed by atoms with Gasteiger partial charge < -0.3 is 5.11 Å². The van der Waals surface area contributed by atoms with Crippen LogP contribution in [-0.2, 0) is 10.0 Å². The molecule has 1 saturated carbocycles. The predicted octanol–water partition coefficient (Wildman–Crippen LogP) is 1.95. The van der Waals surface area contributed by atoms with Gasteiger partial charge in [-0.05, 0) is 30.9 Å². The van der Waals surface area contributed by atoms with Crippen molar-refractivity contribution in [2.75, 3.05) is 6.54 Å². The lowest BCUT2D eigenvalue weighted by atomic mass is 9.83. The maximum absolute atomic E-state index is 12.1. The zero-order chi connectivity index (χ0) is 15.8. The highest BCUT2D eigenvalue weighted by atomic mass is 35.5. The molecule has 21 heavy (non-hydrogen) atoms. The molecule has 2 rings (SSSR count). The van der Waals surface area contributed by atoms with Crippen LogP contribution in [0.3, 0.4) is 0 Å². The first-order valence-electron chi connectivity index (χ1n) is 6.02. The van der Waals surface area contributed by atoms with E-state index in [-0.39, 0.29) is 28.5 Å². The van der Waals surface area contributed by atoms with Crippen LogP contribution in [0.4, 0.5) is 5.69 Å². The molecule has 0 radical (unpaired) electrons. The van der Waals surface area contributed by atoms with Crippen LogP contribution in [-0.4, -0.2) is 31.1 Å². The standard InChI is InChI=1S/C11H12Cl2N2O5S/c12-8-1-2-9(10(13)11(8)15(17)18)21(19,20)14-5-6-3-7(16)4-6/h1-2,6-7,14,16H,3-5H2. The van der Waals surface area contributed by atoms with Gasteiger partial charge in [0.15, 0.2) is 0 Å². The number of hydrogen-bond donors (Lipinski definition) is 2. The summed E-state index contributed by atoms with van der Waals surface area (Å²) in [6, 6.07) is 2.24. The average molecular weight is 355 g/mol. The van der Waals surface area contributed by atoms with Crippen LogP contribution in [0.2, 0.25) is 10.0 Å². The van der Waals surface area contributed by atoms with E-state index in [1.54, 1.807) is 0 Å². The van der Waals surface area contributed by atoms with E-state index in [0.717, 1.165) is 12.1 Å². The Morgan fingerprint density at radius 1 is 1.38 bits per heavy atom. The van der Waals surface area contributed by atoms with Gasteiger partial charge in [0.25, 0.3) is 0 Å². The molecule has 7 nitrogen and oxygen atoms in total. The number of halogens is 2. The van der Waals surface area contributed by atoms with Crippen LogP contribution in [0.5, 0.6) is 0 Å². The van der Waals surface area contributed by atoms with Gasteiger partial charge in [-0.3, -0.25) is 10.1 Å². The SMILES string of the molecule is O=[N+]([O-])c1c(Cl)ccc(S(=O)(=O)NCC2CC(O)C2)c1Cl. The van der Waals surface area contributed by atoms with Gasteiger partial charge in [-0.2, -0.15) is 0 Å². The molecule has 1 aliphatic carbocycles.